The zero-order chi connectivity index (χ0) is 19.3. The maximum absolute atomic E-state index is 12.4. The molecule has 1 aliphatic rings. The summed E-state index contributed by atoms with van der Waals surface area (Å²) in [7, 11) is 2.07. The molecule has 2 aromatic carbocycles. The van der Waals surface area contributed by atoms with E-state index >= 15 is 0 Å². The van der Waals surface area contributed by atoms with Gasteiger partial charge in [0.2, 0.25) is 5.91 Å². The third kappa shape index (κ3) is 4.44. The fourth-order valence-electron chi connectivity index (χ4n) is 4.32. The molecule has 3 aromatic rings. The Labute approximate surface area is 167 Å². The van der Waals surface area contributed by atoms with Crippen LogP contribution in [0.4, 0.5) is 5.69 Å². The lowest BCUT2D eigenvalue weighted by Gasteiger charge is -2.20. The molecule has 0 bridgehead atoms. The number of aryl methyl sites for hydroxylation is 3. The van der Waals surface area contributed by atoms with Crippen molar-refractivity contribution in [1.82, 2.24) is 9.55 Å². The Morgan fingerprint density at radius 3 is 2.64 bits per heavy atom. The fourth-order valence-corrected chi connectivity index (χ4v) is 4.32. The molecule has 4 heteroatoms. The highest BCUT2D eigenvalue weighted by molar-refractivity contribution is 5.93. The molecule has 0 saturated heterocycles. The number of nitrogens with one attached hydrogen (secondary N) is 1. The van der Waals surface area contributed by atoms with E-state index in [0.29, 0.717) is 12.3 Å². The van der Waals surface area contributed by atoms with E-state index in [4.69, 9.17) is 4.98 Å². The summed E-state index contributed by atoms with van der Waals surface area (Å²) in [6, 6.07) is 16.6. The predicted molar refractivity (Wildman–Crippen MR) is 114 cm³/mol. The molecular weight excluding hydrogens is 346 g/mol. The van der Waals surface area contributed by atoms with E-state index in [1.165, 1.54) is 37.7 Å². The molecule has 0 unspecified atom stereocenters. The smallest absolute Gasteiger partial charge is 0.224 e. The summed E-state index contributed by atoms with van der Waals surface area (Å²) in [4.78, 5) is 17.2. The molecule has 4 nitrogen and oxygen atoms in total. The van der Waals surface area contributed by atoms with E-state index in [9.17, 15) is 4.79 Å². The van der Waals surface area contributed by atoms with Crippen molar-refractivity contribution >= 4 is 22.6 Å². The summed E-state index contributed by atoms with van der Waals surface area (Å²) in [6.45, 7) is 0. The standard InChI is InChI=1S/C24H29N3O/c1-27-22-14-13-20(25-24(28)16-19-10-6-3-7-11-19)17-21(22)26-23(27)15-12-18-8-4-2-5-9-18/h2,4-5,8-9,13-14,17,19H,3,6-7,10-12,15-16H2,1H3,(H,25,28). The predicted octanol–water partition coefficient (Wildman–Crippen LogP) is 5.27. The van der Waals surface area contributed by atoms with Crippen LogP contribution < -0.4 is 5.32 Å². The largest absolute Gasteiger partial charge is 0.331 e. The van der Waals surface area contributed by atoms with Crippen molar-refractivity contribution in [3.05, 3.63) is 59.9 Å². The van der Waals surface area contributed by atoms with E-state index in [1.54, 1.807) is 0 Å². The number of fused-ring (bicyclic) bond motifs is 1. The van der Waals surface area contributed by atoms with E-state index in [2.05, 4.69) is 47.3 Å². The van der Waals surface area contributed by atoms with Crippen LogP contribution >= 0.6 is 0 Å². The number of carbonyl (C=O) groups excluding carboxylic acids is 1. The Bertz CT molecular complexity index is 939. The molecule has 1 saturated carbocycles. The topological polar surface area (TPSA) is 46.9 Å². The summed E-state index contributed by atoms with van der Waals surface area (Å²) in [5.41, 5.74) is 4.22. The molecule has 1 fully saturated rings. The molecule has 0 spiro atoms. The van der Waals surface area contributed by atoms with Gasteiger partial charge in [-0.05, 0) is 48.9 Å². The van der Waals surface area contributed by atoms with E-state index < -0.39 is 0 Å². The van der Waals surface area contributed by atoms with E-state index in [-0.39, 0.29) is 5.91 Å². The normalized spacial score (nSPS) is 15.0. The highest BCUT2D eigenvalue weighted by Crippen LogP contribution is 2.27. The van der Waals surface area contributed by atoms with Gasteiger partial charge in [0.1, 0.15) is 5.82 Å². The maximum atomic E-state index is 12.4. The molecule has 1 aliphatic carbocycles. The van der Waals surface area contributed by atoms with E-state index in [1.807, 2.05) is 18.2 Å². The zero-order valence-electron chi connectivity index (χ0n) is 16.7. The van der Waals surface area contributed by atoms with Gasteiger partial charge in [-0.2, -0.15) is 0 Å². The van der Waals surface area contributed by atoms with Crippen molar-refractivity contribution in [3.8, 4) is 0 Å². The quantitative estimate of drug-likeness (QED) is 0.638. The Kier molecular flexibility index (Phi) is 5.75. The molecule has 0 atom stereocenters. The molecule has 1 amide bonds. The number of aromatic nitrogens is 2. The van der Waals surface area contributed by atoms with Gasteiger partial charge in [-0.1, -0.05) is 49.6 Å². The summed E-state index contributed by atoms with van der Waals surface area (Å²) in [5.74, 6) is 1.76. The maximum Gasteiger partial charge on any atom is 0.224 e. The van der Waals surface area contributed by atoms with Crippen molar-refractivity contribution < 1.29 is 4.79 Å². The number of carbonyl (C=O) groups is 1. The van der Waals surface area contributed by atoms with Crippen LogP contribution in [-0.4, -0.2) is 15.5 Å². The molecule has 0 radical (unpaired) electrons. The molecule has 0 aliphatic heterocycles. The average molecular weight is 376 g/mol. The monoisotopic (exact) mass is 375 g/mol. The number of benzene rings is 2. The molecule has 4 rings (SSSR count). The van der Waals surface area contributed by atoms with Crippen molar-refractivity contribution in [3.63, 3.8) is 0 Å². The van der Waals surface area contributed by atoms with Crippen molar-refractivity contribution in [2.45, 2.75) is 51.4 Å². The Balaban J connectivity index is 1.42. The molecule has 1 N–H and O–H groups in total. The van der Waals surface area contributed by atoms with Gasteiger partial charge in [0.05, 0.1) is 11.0 Å². The molecule has 28 heavy (non-hydrogen) atoms. The van der Waals surface area contributed by atoms with E-state index in [0.717, 1.165) is 35.4 Å². The second kappa shape index (κ2) is 8.59. The summed E-state index contributed by atoms with van der Waals surface area (Å²) in [5, 5.41) is 3.08. The van der Waals surface area contributed by atoms with Gasteiger partial charge in [0.15, 0.2) is 0 Å². The first kappa shape index (κ1) is 18.7. The summed E-state index contributed by atoms with van der Waals surface area (Å²) < 4.78 is 2.16. The number of hydrogen-bond donors (Lipinski definition) is 1. The summed E-state index contributed by atoms with van der Waals surface area (Å²) >= 11 is 0. The van der Waals surface area contributed by atoms with Gasteiger partial charge in [-0.3, -0.25) is 4.79 Å². The first-order valence-corrected chi connectivity index (χ1v) is 10.5. The van der Waals surface area contributed by atoms with Crippen LogP contribution in [0, 0.1) is 5.92 Å². The van der Waals surface area contributed by atoms with Crippen LogP contribution in [0.25, 0.3) is 11.0 Å². The lowest BCUT2D eigenvalue weighted by atomic mass is 9.87. The van der Waals surface area contributed by atoms with Crippen LogP contribution in [0.1, 0.15) is 49.9 Å². The van der Waals surface area contributed by atoms with Crippen LogP contribution in [0.15, 0.2) is 48.5 Å². The molecular formula is C24H29N3O. The van der Waals surface area contributed by atoms with Crippen LogP contribution in [-0.2, 0) is 24.7 Å². The fraction of sp³-hybridized carbons (Fsp3) is 0.417. The Morgan fingerprint density at radius 1 is 1.07 bits per heavy atom. The van der Waals surface area contributed by atoms with Crippen molar-refractivity contribution in [2.24, 2.45) is 13.0 Å². The van der Waals surface area contributed by atoms with Crippen molar-refractivity contribution in [1.29, 1.82) is 0 Å². The van der Waals surface area contributed by atoms with Crippen LogP contribution in [0.3, 0.4) is 0 Å². The number of hydrogen-bond acceptors (Lipinski definition) is 2. The lowest BCUT2D eigenvalue weighted by molar-refractivity contribution is -0.117. The number of rotatable bonds is 6. The zero-order valence-corrected chi connectivity index (χ0v) is 16.7. The molecule has 1 aromatic heterocycles. The minimum absolute atomic E-state index is 0.131. The van der Waals surface area contributed by atoms with Gasteiger partial charge in [0, 0.05) is 25.6 Å². The second-order valence-electron chi connectivity index (χ2n) is 8.03. The van der Waals surface area contributed by atoms with Crippen molar-refractivity contribution in [2.75, 3.05) is 5.32 Å². The molecule has 146 valence electrons. The Hall–Kier alpha value is -2.62. The highest BCUT2D eigenvalue weighted by atomic mass is 16.1. The Morgan fingerprint density at radius 2 is 1.86 bits per heavy atom. The van der Waals surface area contributed by atoms with Crippen LogP contribution in [0.2, 0.25) is 0 Å². The second-order valence-corrected chi connectivity index (χ2v) is 8.03. The highest BCUT2D eigenvalue weighted by Gasteiger charge is 2.17. The first-order chi connectivity index (χ1) is 13.7. The summed E-state index contributed by atoms with van der Waals surface area (Å²) in [6.07, 6.45) is 8.76. The van der Waals surface area contributed by atoms with Gasteiger partial charge in [0.25, 0.3) is 0 Å². The first-order valence-electron chi connectivity index (χ1n) is 10.5. The minimum atomic E-state index is 0.131. The van der Waals surface area contributed by atoms with Gasteiger partial charge in [-0.15, -0.1) is 0 Å². The third-order valence-corrected chi connectivity index (χ3v) is 5.94. The SMILES string of the molecule is Cn1c(CCc2ccccc2)nc2cc(NC(=O)CC3CCCCC3)ccc21. The van der Waals surface area contributed by atoms with Gasteiger partial charge < -0.3 is 9.88 Å². The lowest BCUT2D eigenvalue weighted by Crippen LogP contribution is -2.18. The molecule has 1 heterocycles. The number of anilines is 1. The average Bonchev–Trinajstić information content (AvgIpc) is 3.03. The van der Waals surface area contributed by atoms with Gasteiger partial charge in [-0.25, -0.2) is 4.98 Å². The minimum Gasteiger partial charge on any atom is -0.331 e. The number of amides is 1. The van der Waals surface area contributed by atoms with Gasteiger partial charge >= 0.3 is 0 Å². The van der Waals surface area contributed by atoms with Crippen LogP contribution in [0.5, 0.6) is 0 Å². The number of imidazole rings is 1. The third-order valence-electron chi connectivity index (χ3n) is 5.94. The number of nitrogens with zero attached hydrogens (tertiary/aromatic N) is 2.